The van der Waals surface area contributed by atoms with Gasteiger partial charge in [0, 0.05) is 17.6 Å². The Bertz CT molecular complexity index is 839. The third-order valence-corrected chi connectivity index (χ3v) is 6.99. The van der Waals surface area contributed by atoms with E-state index in [-0.39, 0.29) is 5.69 Å². The predicted octanol–water partition coefficient (Wildman–Crippen LogP) is 4.63. The molecular formula is C19H17F2NO3S2. The number of carbonyl (C=O) groups excluding carboxylic acids is 2. The fraction of sp³-hybridized carbons (Fsp3) is 0.263. The summed E-state index contributed by atoms with van der Waals surface area (Å²) < 4.78 is 32.0. The van der Waals surface area contributed by atoms with Crippen LogP contribution in [0.5, 0.6) is 0 Å². The maximum atomic E-state index is 13.6. The summed E-state index contributed by atoms with van der Waals surface area (Å²) >= 11 is 3.73. The molecule has 8 heteroatoms. The largest absolute Gasteiger partial charge is 0.449 e. The number of hydrogen-bond acceptors (Lipinski definition) is 5. The lowest BCUT2D eigenvalue weighted by molar-refractivity contribution is -0.123. The second-order valence-electron chi connectivity index (χ2n) is 5.86. The van der Waals surface area contributed by atoms with Crippen molar-refractivity contribution in [1.29, 1.82) is 0 Å². The molecule has 1 N–H and O–H groups in total. The van der Waals surface area contributed by atoms with Crippen molar-refractivity contribution in [2.24, 2.45) is 0 Å². The van der Waals surface area contributed by atoms with Gasteiger partial charge in [0.1, 0.15) is 11.6 Å². The highest BCUT2D eigenvalue weighted by Crippen LogP contribution is 2.45. The Morgan fingerprint density at radius 3 is 2.41 bits per heavy atom. The van der Waals surface area contributed by atoms with Gasteiger partial charge < -0.3 is 10.1 Å². The normalized spacial score (nSPS) is 15.4. The van der Waals surface area contributed by atoms with Crippen LogP contribution in [-0.2, 0) is 9.53 Å². The zero-order chi connectivity index (χ0) is 19.4. The van der Waals surface area contributed by atoms with Crippen LogP contribution in [0.2, 0.25) is 0 Å². The first-order chi connectivity index (χ1) is 12.9. The van der Waals surface area contributed by atoms with Gasteiger partial charge in [-0.15, -0.1) is 23.5 Å². The topological polar surface area (TPSA) is 55.4 Å². The maximum Gasteiger partial charge on any atom is 0.338 e. The molecule has 0 bridgehead atoms. The number of thioether (sulfide) groups is 2. The summed E-state index contributed by atoms with van der Waals surface area (Å²) in [5, 5.41) is 2.28. The Hall–Kier alpha value is -2.06. The van der Waals surface area contributed by atoms with E-state index in [1.165, 1.54) is 6.92 Å². The second kappa shape index (κ2) is 8.75. The number of rotatable bonds is 5. The second-order valence-corrected chi connectivity index (χ2v) is 8.58. The van der Waals surface area contributed by atoms with Crippen molar-refractivity contribution in [1.82, 2.24) is 0 Å². The summed E-state index contributed by atoms with van der Waals surface area (Å²) in [6.07, 6.45) is -1.14. The van der Waals surface area contributed by atoms with E-state index in [1.54, 1.807) is 12.1 Å². The molecule has 3 rings (SSSR count). The van der Waals surface area contributed by atoms with Gasteiger partial charge in [-0.1, -0.05) is 12.1 Å². The average Bonchev–Trinajstić information content (AvgIpc) is 3.18. The molecule has 0 radical (unpaired) electrons. The summed E-state index contributed by atoms with van der Waals surface area (Å²) in [5.41, 5.74) is 1.29. The Kier molecular flexibility index (Phi) is 6.38. The molecule has 0 aliphatic carbocycles. The lowest BCUT2D eigenvalue weighted by Crippen LogP contribution is -2.30. The van der Waals surface area contributed by atoms with Crippen molar-refractivity contribution in [3.63, 3.8) is 0 Å². The minimum atomic E-state index is -1.14. The van der Waals surface area contributed by atoms with Crippen molar-refractivity contribution < 1.29 is 23.1 Å². The lowest BCUT2D eigenvalue weighted by Gasteiger charge is -2.14. The average molecular weight is 409 g/mol. The molecular weight excluding hydrogens is 392 g/mol. The molecule has 1 fully saturated rings. The zero-order valence-electron chi connectivity index (χ0n) is 14.4. The summed E-state index contributed by atoms with van der Waals surface area (Å²) in [6.45, 7) is 1.38. The van der Waals surface area contributed by atoms with Crippen LogP contribution in [0.4, 0.5) is 14.5 Å². The van der Waals surface area contributed by atoms with Crippen LogP contribution < -0.4 is 5.32 Å². The van der Waals surface area contributed by atoms with Gasteiger partial charge >= 0.3 is 5.97 Å². The number of esters is 1. The molecule has 2 aromatic carbocycles. The number of ether oxygens (including phenoxy) is 1. The van der Waals surface area contributed by atoms with Gasteiger partial charge in [0.05, 0.1) is 15.8 Å². The highest BCUT2D eigenvalue weighted by molar-refractivity contribution is 8.19. The number of nitrogens with one attached hydrogen (secondary N) is 1. The number of carbonyl (C=O) groups is 2. The minimum absolute atomic E-state index is 0.180. The molecule has 1 saturated heterocycles. The fourth-order valence-electron chi connectivity index (χ4n) is 2.43. The van der Waals surface area contributed by atoms with E-state index in [0.29, 0.717) is 16.2 Å². The van der Waals surface area contributed by atoms with Gasteiger partial charge in [-0.05, 0) is 36.8 Å². The smallest absolute Gasteiger partial charge is 0.338 e. The first-order valence-corrected chi connectivity index (χ1v) is 10.3. The minimum Gasteiger partial charge on any atom is -0.449 e. The molecule has 4 nitrogen and oxygen atoms in total. The van der Waals surface area contributed by atoms with Crippen molar-refractivity contribution in [2.45, 2.75) is 17.6 Å². The van der Waals surface area contributed by atoms with E-state index in [4.69, 9.17) is 4.74 Å². The highest BCUT2D eigenvalue weighted by Gasteiger charge is 2.22. The Balaban J connectivity index is 1.58. The summed E-state index contributed by atoms with van der Waals surface area (Å²) in [7, 11) is 0. The van der Waals surface area contributed by atoms with Crippen LogP contribution in [0.25, 0.3) is 0 Å². The Morgan fingerprint density at radius 1 is 1.11 bits per heavy atom. The van der Waals surface area contributed by atoms with Gasteiger partial charge in [0.25, 0.3) is 5.91 Å². The number of amides is 1. The third kappa shape index (κ3) is 5.01. The van der Waals surface area contributed by atoms with E-state index in [9.17, 15) is 18.4 Å². The molecule has 1 atom stereocenters. The number of halogens is 2. The van der Waals surface area contributed by atoms with Crippen LogP contribution in [0, 0.1) is 11.6 Å². The number of hydrogen-bond donors (Lipinski definition) is 1. The highest BCUT2D eigenvalue weighted by atomic mass is 32.2. The molecule has 0 aromatic heterocycles. The third-order valence-electron chi connectivity index (χ3n) is 3.88. The van der Waals surface area contributed by atoms with Crippen molar-refractivity contribution in [2.75, 3.05) is 16.8 Å². The van der Waals surface area contributed by atoms with Crippen molar-refractivity contribution >= 4 is 41.1 Å². The van der Waals surface area contributed by atoms with Gasteiger partial charge in [-0.3, -0.25) is 4.79 Å². The van der Waals surface area contributed by atoms with Gasteiger partial charge in [-0.2, -0.15) is 0 Å². The zero-order valence-corrected chi connectivity index (χ0v) is 16.0. The maximum absolute atomic E-state index is 13.6. The van der Waals surface area contributed by atoms with Crippen LogP contribution in [0.3, 0.4) is 0 Å². The van der Waals surface area contributed by atoms with E-state index < -0.39 is 29.6 Å². The summed E-state index contributed by atoms with van der Waals surface area (Å²) in [5.74, 6) is -0.774. The molecule has 0 unspecified atom stereocenters. The molecule has 142 valence electrons. The summed E-state index contributed by atoms with van der Waals surface area (Å²) in [4.78, 5) is 24.3. The molecule has 1 aliphatic rings. The molecule has 0 saturated carbocycles. The number of anilines is 1. The molecule has 0 spiro atoms. The molecule has 27 heavy (non-hydrogen) atoms. The molecule has 2 aromatic rings. The monoisotopic (exact) mass is 409 g/mol. The number of benzene rings is 2. The summed E-state index contributed by atoms with van der Waals surface area (Å²) in [6, 6.07) is 9.89. The van der Waals surface area contributed by atoms with E-state index >= 15 is 0 Å². The van der Waals surface area contributed by atoms with Gasteiger partial charge in [0.15, 0.2) is 6.10 Å². The quantitative estimate of drug-likeness (QED) is 0.730. The van der Waals surface area contributed by atoms with Crippen LogP contribution in [0.1, 0.15) is 27.4 Å². The molecule has 1 heterocycles. The first-order valence-electron chi connectivity index (χ1n) is 8.24. The molecule has 1 amide bonds. The van der Waals surface area contributed by atoms with Crippen LogP contribution in [0.15, 0.2) is 42.5 Å². The van der Waals surface area contributed by atoms with Crippen LogP contribution >= 0.6 is 23.5 Å². The van der Waals surface area contributed by atoms with E-state index in [2.05, 4.69) is 5.32 Å². The lowest BCUT2D eigenvalue weighted by atomic mass is 10.1. The van der Waals surface area contributed by atoms with Crippen molar-refractivity contribution in [3.05, 3.63) is 65.2 Å². The SMILES string of the molecule is C[C@@H](OC(=O)c1ccc(C2SCCS2)cc1)C(=O)Nc1ccc(F)cc1F. The van der Waals surface area contributed by atoms with Crippen molar-refractivity contribution in [3.8, 4) is 0 Å². The van der Waals surface area contributed by atoms with Crippen LogP contribution in [-0.4, -0.2) is 29.5 Å². The first kappa shape index (κ1) is 19.7. The predicted molar refractivity (Wildman–Crippen MR) is 104 cm³/mol. The van der Waals surface area contributed by atoms with E-state index in [1.807, 2.05) is 35.7 Å². The van der Waals surface area contributed by atoms with Gasteiger partial charge in [-0.25, -0.2) is 13.6 Å². The Labute approximate surface area is 164 Å². The van der Waals surface area contributed by atoms with E-state index in [0.717, 1.165) is 29.2 Å². The standard InChI is InChI=1S/C19H17F2NO3S2/c1-11(17(23)22-16-7-6-14(20)10-15(16)21)25-18(24)12-2-4-13(5-3-12)19-26-8-9-27-19/h2-7,10-11,19H,8-9H2,1H3,(H,22,23)/t11-/m1/s1. The van der Waals surface area contributed by atoms with Gasteiger partial charge in [0.2, 0.25) is 0 Å². The Morgan fingerprint density at radius 2 is 1.78 bits per heavy atom. The fourth-order valence-corrected chi connectivity index (χ4v) is 5.29. The molecule has 1 aliphatic heterocycles.